The predicted molar refractivity (Wildman–Crippen MR) is 121 cm³/mol. The number of hydrogen-bond acceptors (Lipinski definition) is 5. The van der Waals surface area contributed by atoms with E-state index in [0.717, 1.165) is 46.8 Å². The van der Waals surface area contributed by atoms with E-state index < -0.39 is 0 Å². The number of para-hydroxylation sites is 2. The van der Waals surface area contributed by atoms with Crippen LogP contribution in [0.2, 0.25) is 0 Å². The molecule has 1 fully saturated rings. The van der Waals surface area contributed by atoms with Crippen LogP contribution in [0.4, 0.5) is 11.5 Å². The Hall–Kier alpha value is -3.67. The Morgan fingerprint density at radius 2 is 1.81 bits per heavy atom. The lowest BCUT2D eigenvalue weighted by Crippen LogP contribution is -2.28. The molecule has 0 bridgehead atoms. The lowest BCUT2D eigenvalue weighted by atomic mass is 10.2. The van der Waals surface area contributed by atoms with Crippen LogP contribution in [0.15, 0.2) is 77.4 Å². The predicted octanol–water partition coefficient (Wildman–Crippen LogP) is 5.14. The van der Waals surface area contributed by atoms with Crippen LogP contribution < -0.4 is 10.2 Å². The Morgan fingerprint density at radius 3 is 2.58 bits per heavy atom. The molecule has 0 unspecified atom stereocenters. The van der Waals surface area contributed by atoms with E-state index in [2.05, 4.69) is 10.2 Å². The molecule has 6 heteroatoms. The van der Waals surface area contributed by atoms with Gasteiger partial charge >= 0.3 is 0 Å². The van der Waals surface area contributed by atoms with Crippen LogP contribution in [0.5, 0.6) is 0 Å². The molecule has 0 saturated heterocycles. The van der Waals surface area contributed by atoms with E-state index in [1.165, 1.54) is 0 Å². The molecule has 2 heterocycles. The zero-order valence-electron chi connectivity index (χ0n) is 17.2. The molecule has 0 radical (unpaired) electrons. The number of furan rings is 1. The third-order valence-electron chi connectivity index (χ3n) is 5.44. The maximum Gasteiger partial charge on any atom is 0.226 e. The summed E-state index contributed by atoms with van der Waals surface area (Å²) in [4.78, 5) is 24.5. The number of nitrogens with zero attached hydrogens (tertiary/aromatic N) is 3. The van der Waals surface area contributed by atoms with Crippen LogP contribution in [-0.4, -0.2) is 22.4 Å². The second kappa shape index (κ2) is 8.60. The first-order valence-corrected chi connectivity index (χ1v) is 10.7. The van der Waals surface area contributed by atoms with Gasteiger partial charge in [-0.05, 0) is 49.2 Å². The summed E-state index contributed by atoms with van der Waals surface area (Å²) in [6.07, 6.45) is 4.28. The highest BCUT2D eigenvalue weighted by Crippen LogP contribution is 2.40. The third-order valence-corrected chi connectivity index (χ3v) is 5.44. The Kier molecular flexibility index (Phi) is 5.35. The summed E-state index contributed by atoms with van der Waals surface area (Å²) < 4.78 is 5.60. The lowest BCUT2D eigenvalue weighted by molar-refractivity contribution is -0.116. The van der Waals surface area contributed by atoms with Crippen molar-refractivity contribution >= 4 is 28.3 Å². The molecule has 31 heavy (non-hydrogen) atoms. The van der Waals surface area contributed by atoms with Gasteiger partial charge in [0.2, 0.25) is 5.91 Å². The molecule has 6 nitrogen and oxygen atoms in total. The fourth-order valence-electron chi connectivity index (χ4n) is 3.67. The van der Waals surface area contributed by atoms with Crippen LogP contribution in [0.1, 0.15) is 36.8 Å². The number of carbonyl (C=O) groups excluding carboxylic acids is 1. The first-order chi connectivity index (χ1) is 15.3. The standard InChI is InChI=1S/C25H24N4O2/c30-23(26-19-7-2-1-3-8-19)14-15-29(17-20-9-6-16-31-20)25-21-10-4-5-11-22(21)27-24(28-25)18-12-13-18/h1-11,16,18H,12-15,17H2,(H,26,30). The minimum Gasteiger partial charge on any atom is -0.467 e. The molecule has 0 aliphatic heterocycles. The number of nitrogens with one attached hydrogen (secondary N) is 1. The van der Waals surface area contributed by atoms with Crippen molar-refractivity contribution in [1.82, 2.24) is 9.97 Å². The summed E-state index contributed by atoms with van der Waals surface area (Å²) in [6, 6.07) is 21.4. The van der Waals surface area contributed by atoms with Crippen molar-refractivity contribution in [1.29, 1.82) is 0 Å². The zero-order valence-corrected chi connectivity index (χ0v) is 17.2. The molecule has 4 aromatic rings. The Balaban J connectivity index is 1.43. The monoisotopic (exact) mass is 412 g/mol. The SMILES string of the molecule is O=C(CCN(Cc1ccco1)c1nc(C2CC2)nc2ccccc12)Nc1ccccc1. The van der Waals surface area contributed by atoms with Gasteiger partial charge in [0.25, 0.3) is 0 Å². The molecule has 2 aromatic heterocycles. The summed E-state index contributed by atoms with van der Waals surface area (Å²) in [5.41, 5.74) is 1.74. The van der Waals surface area contributed by atoms with E-state index in [4.69, 9.17) is 14.4 Å². The van der Waals surface area contributed by atoms with Crippen LogP contribution in [0.25, 0.3) is 10.9 Å². The molecule has 0 spiro atoms. The van der Waals surface area contributed by atoms with E-state index in [9.17, 15) is 4.79 Å². The lowest BCUT2D eigenvalue weighted by Gasteiger charge is -2.24. The minimum atomic E-state index is -0.0311. The van der Waals surface area contributed by atoms with Gasteiger partial charge in [0.15, 0.2) is 0 Å². The molecule has 1 aliphatic carbocycles. The zero-order chi connectivity index (χ0) is 21.0. The van der Waals surface area contributed by atoms with Gasteiger partial charge in [-0.1, -0.05) is 30.3 Å². The number of aromatic nitrogens is 2. The number of rotatable bonds is 8. The summed E-state index contributed by atoms with van der Waals surface area (Å²) in [5.74, 6) is 2.99. The van der Waals surface area contributed by atoms with Crippen LogP contribution in [0, 0.1) is 0 Å². The first-order valence-electron chi connectivity index (χ1n) is 10.7. The largest absolute Gasteiger partial charge is 0.467 e. The van der Waals surface area contributed by atoms with E-state index in [1.807, 2.05) is 66.7 Å². The van der Waals surface area contributed by atoms with Crippen LogP contribution in [-0.2, 0) is 11.3 Å². The summed E-state index contributed by atoms with van der Waals surface area (Å²) in [5, 5.41) is 3.95. The van der Waals surface area contributed by atoms with E-state index >= 15 is 0 Å². The molecule has 1 N–H and O–H groups in total. The first kappa shape index (κ1) is 19.3. The third kappa shape index (κ3) is 4.58. The second-order valence-electron chi connectivity index (χ2n) is 7.86. The second-order valence-corrected chi connectivity index (χ2v) is 7.86. The smallest absolute Gasteiger partial charge is 0.226 e. The highest BCUT2D eigenvalue weighted by molar-refractivity contribution is 5.92. The van der Waals surface area contributed by atoms with Gasteiger partial charge in [-0.25, -0.2) is 9.97 Å². The van der Waals surface area contributed by atoms with Crippen molar-refractivity contribution in [2.75, 3.05) is 16.8 Å². The summed E-state index contributed by atoms with van der Waals surface area (Å²) in [6.45, 7) is 1.06. The van der Waals surface area contributed by atoms with Crippen LogP contribution >= 0.6 is 0 Å². The minimum absolute atomic E-state index is 0.0311. The van der Waals surface area contributed by atoms with Gasteiger partial charge < -0.3 is 14.6 Å². The molecule has 156 valence electrons. The van der Waals surface area contributed by atoms with E-state index in [0.29, 0.717) is 25.4 Å². The quantitative estimate of drug-likeness (QED) is 0.434. The fourth-order valence-corrected chi connectivity index (χ4v) is 3.67. The maximum atomic E-state index is 12.6. The Morgan fingerprint density at radius 1 is 1.00 bits per heavy atom. The van der Waals surface area contributed by atoms with Gasteiger partial charge in [0.05, 0.1) is 18.3 Å². The van der Waals surface area contributed by atoms with Crippen molar-refractivity contribution < 1.29 is 9.21 Å². The highest BCUT2D eigenvalue weighted by Gasteiger charge is 2.28. The normalized spacial score (nSPS) is 13.3. The maximum absolute atomic E-state index is 12.6. The fraction of sp³-hybridized carbons (Fsp3) is 0.240. The molecule has 5 rings (SSSR count). The molecule has 2 aromatic carbocycles. The van der Waals surface area contributed by atoms with Crippen molar-refractivity contribution in [2.45, 2.75) is 31.7 Å². The molecule has 1 amide bonds. The number of anilines is 2. The number of hydrogen-bond donors (Lipinski definition) is 1. The van der Waals surface area contributed by atoms with Gasteiger partial charge in [-0.15, -0.1) is 0 Å². The highest BCUT2D eigenvalue weighted by atomic mass is 16.3. The molecule has 0 atom stereocenters. The Bertz CT molecular complexity index is 1170. The van der Waals surface area contributed by atoms with Crippen LogP contribution in [0.3, 0.4) is 0 Å². The summed E-state index contributed by atoms with van der Waals surface area (Å²) >= 11 is 0. The summed E-state index contributed by atoms with van der Waals surface area (Å²) in [7, 11) is 0. The van der Waals surface area contributed by atoms with Crippen molar-refractivity contribution in [2.24, 2.45) is 0 Å². The number of fused-ring (bicyclic) bond motifs is 1. The number of amides is 1. The van der Waals surface area contributed by atoms with Gasteiger partial charge in [-0.3, -0.25) is 4.79 Å². The average Bonchev–Trinajstić information content (AvgIpc) is 3.53. The van der Waals surface area contributed by atoms with Gasteiger partial charge in [0, 0.05) is 30.0 Å². The Labute approximate surface area is 180 Å². The molecular formula is C25H24N4O2. The van der Waals surface area contributed by atoms with Gasteiger partial charge in [-0.2, -0.15) is 0 Å². The molecule has 1 saturated carbocycles. The van der Waals surface area contributed by atoms with Crippen molar-refractivity contribution in [3.05, 3.63) is 84.6 Å². The van der Waals surface area contributed by atoms with E-state index in [1.54, 1.807) is 6.26 Å². The number of benzene rings is 2. The average molecular weight is 412 g/mol. The van der Waals surface area contributed by atoms with E-state index in [-0.39, 0.29) is 5.91 Å². The van der Waals surface area contributed by atoms with Gasteiger partial charge in [0.1, 0.15) is 17.4 Å². The molecule has 1 aliphatic rings. The molecular weight excluding hydrogens is 388 g/mol. The number of carbonyl (C=O) groups is 1. The van der Waals surface area contributed by atoms with Crippen molar-refractivity contribution in [3.63, 3.8) is 0 Å². The van der Waals surface area contributed by atoms with Crippen molar-refractivity contribution in [3.8, 4) is 0 Å². The topological polar surface area (TPSA) is 71.3 Å².